The van der Waals surface area contributed by atoms with Crippen molar-refractivity contribution in [1.29, 1.82) is 0 Å². The van der Waals surface area contributed by atoms with Crippen LogP contribution < -0.4 is 10.6 Å². The molecule has 2 amide bonds. The van der Waals surface area contributed by atoms with Crippen molar-refractivity contribution < 1.29 is 19.8 Å². The largest absolute Gasteiger partial charge is 0.394 e. The zero-order chi connectivity index (χ0) is 21.4. The van der Waals surface area contributed by atoms with E-state index in [1.165, 1.54) is 0 Å². The molecule has 1 aromatic rings. The number of hydrogen-bond acceptors (Lipinski definition) is 6. The van der Waals surface area contributed by atoms with E-state index < -0.39 is 11.8 Å². The van der Waals surface area contributed by atoms with Gasteiger partial charge in [-0.25, -0.2) is 0 Å². The lowest BCUT2D eigenvalue weighted by Crippen LogP contribution is -2.42. The Balaban J connectivity index is 3.13. The van der Waals surface area contributed by atoms with E-state index in [0.29, 0.717) is 12.0 Å². The highest BCUT2D eigenvalue weighted by molar-refractivity contribution is 5.96. The minimum absolute atomic E-state index is 0.0620. The Morgan fingerprint density at radius 2 is 1.39 bits per heavy atom. The Kier molecular flexibility index (Phi) is 9.48. The summed E-state index contributed by atoms with van der Waals surface area (Å²) in [5.74, 6) is -0.488. The molecule has 8 nitrogen and oxygen atoms in total. The van der Waals surface area contributed by atoms with Crippen LogP contribution in [0.25, 0.3) is 0 Å². The maximum absolute atomic E-state index is 12.7. The number of carbonyl (C=O) groups excluding carboxylic acids is 2. The number of amides is 2. The first kappa shape index (κ1) is 24.0. The lowest BCUT2D eigenvalue weighted by atomic mass is 9.99. The molecule has 0 aromatic carbocycles. The van der Waals surface area contributed by atoms with Gasteiger partial charge >= 0.3 is 0 Å². The molecule has 28 heavy (non-hydrogen) atoms. The SMILES string of the molecule is CC(C)Cc1cc(C(=O)N[C@H](CO)C(C)C)nnc1C(=O)N[C@H](CO)C(C)C. The molecule has 0 saturated carbocycles. The first-order chi connectivity index (χ1) is 13.1. The van der Waals surface area contributed by atoms with Gasteiger partial charge in [0.15, 0.2) is 11.4 Å². The Bertz CT molecular complexity index is 662. The van der Waals surface area contributed by atoms with Gasteiger partial charge in [0, 0.05) is 0 Å². The second-order valence-electron chi connectivity index (χ2n) is 8.21. The van der Waals surface area contributed by atoms with Gasteiger partial charge in [-0.3, -0.25) is 9.59 Å². The third-order valence-electron chi connectivity index (χ3n) is 4.58. The van der Waals surface area contributed by atoms with Crippen LogP contribution in [0.15, 0.2) is 6.07 Å². The Morgan fingerprint density at radius 1 is 0.893 bits per heavy atom. The number of nitrogens with zero attached hydrogens (tertiary/aromatic N) is 2. The molecule has 0 saturated heterocycles. The molecule has 1 heterocycles. The van der Waals surface area contributed by atoms with Gasteiger partial charge in [-0.05, 0) is 35.8 Å². The molecule has 158 valence electrons. The monoisotopic (exact) mass is 394 g/mol. The van der Waals surface area contributed by atoms with Crippen LogP contribution in [0.4, 0.5) is 0 Å². The second kappa shape index (κ2) is 11.1. The highest BCUT2D eigenvalue weighted by Crippen LogP contribution is 2.14. The van der Waals surface area contributed by atoms with Crippen LogP contribution in [0.3, 0.4) is 0 Å². The number of hydrogen-bond donors (Lipinski definition) is 4. The van der Waals surface area contributed by atoms with Crippen LogP contribution in [0.1, 0.15) is 68.1 Å². The summed E-state index contributed by atoms with van der Waals surface area (Å²) < 4.78 is 0. The lowest BCUT2D eigenvalue weighted by Gasteiger charge is -2.21. The van der Waals surface area contributed by atoms with Crippen LogP contribution in [0.2, 0.25) is 0 Å². The van der Waals surface area contributed by atoms with Crippen molar-refractivity contribution >= 4 is 11.8 Å². The summed E-state index contributed by atoms with van der Waals surface area (Å²) in [6.07, 6.45) is 0.553. The third kappa shape index (κ3) is 6.83. The molecular weight excluding hydrogens is 360 g/mol. The standard InChI is InChI=1S/C20H34N4O4/c1-11(2)7-14-8-15(19(27)21-16(9-25)12(3)4)23-24-18(14)20(28)22-17(10-26)13(5)6/h8,11-13,16-17,25-26H,7,9-10H2,1-6H3,(H,21,27)(H,22,28)/t16-,17-/m1/s1. The van der Waals surface area contributed by atoms with Gasteiger partial charge in [0.05, 0.1) is 25.3 Å². The molecule has 8 heteroatoms. The van der Waals surface area contributed by atoms with Gasteiger partial charge in [0.1, 0.15) is 0 Å². The number of rotatable bonds is 10. The van der Waals surface area contributed by atoms with Crippen molar-refractivity contribution in [2.75, 3.05) is 13.2 Å². The average molecular weight is 395 g/mol. The molecule has 1 aromatic heterocycles. The van der Waals surface area contributed by atoms with Gasteiger partial charge in [0.2, 0.25) is 0 Å². The number of nitrogens with one attached hydrogen (secondary N) is 2. The average Bonchev–Trinajstić information content (AvgIpc) is 2.62. The van der Waals surface area contributed by atoms with E-state index in [1.54, 1.807) is 6.07 Å². The van der Waals surface area contributed by atoms with E-state index in [2.05, 4.69) is 20.8 Å². The minimum atomic E-state index is -0.437. The molecule has 0 spiro atoms. The predicted octanol–water partition coefficient (Wildman–Crippen LogP) is 1.17. The van der Waals surface area contributed by atoms with Crippen molar-refractivity contribution in [3.8, 4) is 0 Å². The van der Waals surface area contributed by atoms with E-state index in [0.717, 1.165) is 0 Å². The molecule has 1 rings (SSSR count). The maximum atomic E-state index is 12.7. The smallest absolute Gasteiger partial charge is 0.272 e. The Labute approximate surface area is 167 Å². The van der Waals surface area contributed by atoms with Gasteiger partial charge in [-0.2, -0.15) is 0 Å². The van der Waals surface area contributed by atoms with Crippen LogP contribution in [-0.4, -0.2) is 57.5 Å². The highest BCUT2D eigenvalue weighted by Gasteiger charge is 2.23. The summed E-state index contributed by atoms with van der Waals surface area (Å²) in [6.45, 7) is 11.3. The number of aromatic nitrogens is 2. The van der Waals surface area contributed by atoms with E-state index in [9.17, 15) is 19.8 Å². The quantitative estimate of drug-likeness (QED) is 0.472. The Morgan fingerprint density at radius 3 is 1.82 bits per heavy atom. The minimum Gasteiger partial charge on any atom is -0.394 e. The number of aliphatic hydroxyl groups is 2. The normalized spacial score (nSPS) is 13.7. The van der Waals surface area contributed by atoms with Crippen LogP contribution in [-0.2, 0) is 6.42 Å². The van der Waals surface area contributed by atoms with E-state index in [4.69, 9.17) is 0 Å². The molecule has 0 aliphatic rings. The highest BCUT2D eigenvalue weighted by atomic mass is 16.3. The first-order valence-corrected chi connectivity index (χ1v) is 9.80. The summed E-state index contributed by atoms with van der Waals surface area (Å²) in [7, 11) is 0. The zero-order valence-corrected chi connectivity index (χ0v) is 17.7. The summed E-state index contributed by atoms with van der Waals surface area (Å²) in [4.78, 5) is 25.1. The lowest BCUT2D eigenvalue weighted by molar-refractivity contribution is 0.0875. The molecule has 0 unspecified atom stereocenters. The van der Waals surface area contributed by atoms with Crippen LogP contribution in [0.5, 0.6) is 0 Å². The predicted molar refractivity (Wildman–Crippen MR) is 107 cm³/mol. The topological polar surface area (TPSA) is 124 Å². The molecule has 0 bridgehead atoms. The van der Waals surface area contributed by atoms with Crippen molar-refractivity contribution in [2.24, 2.45) is 17.8 Å². The van der Waals surface area contributed by atoms with E-state index >= 15 is 0 Å². The summed E-state index contributed by atoms with van der Waals surface area (Å²) in [5.41, 5.74) is 0.888. The van der Waals surface area contributed by atoms with Gasteiger partial charge in [-0.15, -0.1) is 10.2 Å². The molecule has 0 aliphatic heterocycles. The van der Waals surface area contributed by atoms with Crippen molar-refractivity contribution in [1.82, 2.24) is 20.8 Å². The van der Waals surface area contributed by atoms with Crippen molar-refractivity contribution in [3.63, 3.8) is 0 Å². The fraction of sp³-hybridized carbons (Fsp3) is 0.700. The van der Waals surface area contributed by atoms with Crippen molar-refractivity contribution in [2.45, 2.75) is 60.0 Å². The summed E-state index contributed by atoms with van der Waals surface area (Å²) in [5, 5.41) is 32.3. The third-order valence-corrected chi connectivity index (χ3v) is 4.58. The van der Waals surface area contributed by atoms with Gasteiger partial charge in [0.25, 0.3) is 11.8 Å². The number of carbonyl (C=O) groups is 2. The number of aliphatic hydroxyl groups excluding tert-OH is 2. The first-order valence-electron chi connectivity index (χ1n) is 9.80. The van der Waals surface area contributed by atoms with E-state index in [-0.39, 0.29) is 54.4 Å². The zero-order valence-electron chi connectivity index (χ0n) is 17.7. The molecule has 0 fully saturated rings. The summed E-state index contributed by atoms with van der Waals surface area (Å²) >= 11 is 0. The Hall–Kier alpha value is -2.06. The molecular formula is C20H34N4O4. The van der Waals surface area contributed by atoms with Gasteiger partial charge in [-0.1, -0.05) is 41.5 Å². The van der Waals surface area contributed by atoms with Crippen LogP contribution >= 0.6 is 0 Å². The molecule has 2 atom stereocenters. The maximum Gasteiger partial charge on any atom is 0.272 e. The summed E-state index contributed by atoms with van der Waals surface area (Å²) in [6, 6.07) is 0.803. The molecule has 0 radical (unpaired) electrons. The fourth-order valence-electron chi connectivity index (χ4n) is 2.65. The van der Waals surface area contributed by atoms with Gasteiger partial charge < -0.3 is 20.8 Å². The fourth-order valence-corrected chi connectivity index (χ4v) is 2.65. The second-order valence-corrected chi connectivity index (χ2v) is 8.21. The van der Waals surface area contributed by atoms with Crippen molar-refractivity contribution in [3.05, 3.63) is 23.0 Å². The van der Waals surface area contributed by atoms with Crippen LogP contribution in [0, 0.1) is 17.8 Å². The van der Waals surface area contributed by atoms with E-state index in [1.807, 2.05) is 41.5 Å². The molecule has 4 N–H and O–H groups in total. The molecule has 0 aliphatic carbocycles.